The summed E-state index contributed by atoms with van der Waals surface area (Å²) >= 11 is 1.94. The third kappa shape index (κ3) is 3.22. The molecule has 2 aliphatic rings. The SMILES string of the molecule is CCSC1CCCC1N1C(=O)C(CC)NC(=O)C1C(C)C. The van der Waals surface area contributed by atoms with Gasteiger partial charge in [-0.1, -0.05) is 34.1 Å². The van der Waals surface area contributed by atoms with Gasteiger partial charge in [0.1, 0.15) is 12.1 Å². The molecule has 4 unspecified atom stereocenters. The van der Waals surface area contributed by atoms with Crippen LogP contribution in [-0.4, -0.2) is 45.8 Å². The lowest BCUT2D eigenvalue weighted by Crippen LogP contribution is -2.67. The molecule has 0 bridgehead atoms. The largest absolute Gasteiger partial charge is 0.343 e. The maximum atomic E-state index is 12.9. The summed E-state index contributed by atoms with van der Waals surface area (Å²) in [5.41, 5.74) is 0. The first kappa shape index (κ1) is 16.7. The average molecular weight is 312 g/mol. The average Bonchev–Trinajstić information content (AvgIpc) is 2.88. The Hall–Kier alpha value is -0.710. The van der Waals surface area contributed by atoms with E-state index in [-0.39, 0.29) is 35.9 Å². The predicted octanol–water partition coefficient (Wildman–Crippen LogP) is 2.42. The minimum atomic E-state index is -0.333. The molecule has 0 aromatic carbocycles. The minimum absolute atomic E-state index is 0.0311. The van der Waals surface area contributed by atoms with Gasteiger partial charge in [-0.2, -0.15) is 11.8 Å². The molecule has 120 valence electrons. The second-order valence-corrected chi connectivity index (χ2v) is 7.91. The number of nitrogens with zero attached hydrogens (tertiary/aromatic N) is 1. The number of amides is 2. The van der Waals surface area contributed by atoms with Gasteiger partial charge in [0.2, 0.25) is 11.8 Å². The molecule has 1 saturated heterocycles. The van der Waals surface area contributed by atoms with Crippen LogP contribution in [-0.2, 0) is 9.59 Å². The topological polar surface area (TPSA) is 49.4 Å². The van der Waals surface area contributed by atoms with Gasteiger partial charge in [0.05, 0.1) is 0 Å². The first-order chi connectivity index (χ1) is 10.0. The maximum Gasteiger partial charge on any atom is 0.246 e. The van der Waals surface area contributed by atoms with Crippen LogP contribution in [0.5, 0.6) is 0 Å². The van der Waals surface area contributed by atoms with Gasteiger partial charge in [-0.25, -0.2) is 0 Å². The lowest BCUT2D eigenvalue weighted by molar-refractivity contribution is -0.154. The standard InChI is InChI=1S/C16H28N2O2S/c1-5-11-16(20)18(14(10(3)4)15(19)17-11)12-8-7-9-13(12)21-6-2/h10-14H,5-9H2,1-4H3,(H,17,19). The maximum absolute atomic E-state index is 12.9. The van der Waals surface area contributed by atoms with Crippen LogP contribution in [0, 0.1) is 5.92 Å². The number of rotatable bonds is 5. The van der Waals surface area contributed by atoms with Crippen molar-refractivity contribution in [2.45, 2.75) is 76.8 Å². The molecule has 21 heavy (non-hydrogen) atoms. The normalized spacial score (nSPS) is 33.7. The number of carbonyl (C=O) groups is 2. The van der Waals surface area contributed by atoms with Crippen LogP contribution < -0.4 is 5.32 Å². The number of carbonyl (C=O) groups excluding carboxylic acids is 2. The first-order valence-corrected chi connectivity index (χ1v) is 9.30. The van der Waals surface area contributed by atoms with Crippen molar-refractivity contribution in [3.63, 3.8) is 0 Å². The van der Waals surface area contributed by atoms with E-state index in [1.807, 2.05) is 37.4 Å². The zero-order chi connectivity index (χ0) is 15.6. The van der Waals surface area contributed by atoms with Crippen LogP contribution in [0.25, 0.3) is 0 Å². The zero-order valence-electron chi connectivity index (χ0n) is 13.6. The van der Waals surface area contributed by atoms with Gasteiger partial charge in [0.15, 0.2) is 0 Å². The van der Waals surface area contributed by atoms with E-state index in [1.54, 1.807) is 0 Å². The van der Waals surface area contributed by atoms with Crippen LogP contribution >= 0.6 is 11.8 Å². The molecule has 1 aliphatic heterocycles. The molecule has 0 aromatic rings. The van der Waals surface area contributed by atoms with Gasteiger partial charge in [0.25, 0.3) is 0 Å². The fourth-order valence-corrected chi connectivity index (χ4v) is 4.92. The molecular formula is C16H28N2O2S. The van der Waals surface area contributed by atoms with Crippen molar-refractivity contribution in [2.75, 3.05) is 5.75 Å². The summed E-state index contributed by atoms with van der Waals surface area (Å²) in [5, 5.41) is 3.40. The smallest absolute Gasteiger partial charge is 0.246 e. The highest BCUT2D eigenvalue weighted by Gasteiger charge is 2.47. The summed E-state index contributed by atoms with van der Waals surface area (Å²) in [7, 11) is 0. The summed E-state index contributed by atoms with van der Waals surface area (Å²) in [6, 6.07) is -0.404. The molecule has 1 heterocycles. The van der Waals surface area contributed by atoms with Crippen LogP contribution in [0.15, 0.2) is 0 Å². The predicted molar refractivity (Wildman–Crippen MR) is 87.3 cm³/mol. The third-order valence-electron chi connectivity index (χ3n) is 4.63. The first-order valence-electron chi connectivity index (χ1n) is 8.25. The number of piperazine rings is 1. The van der Waals surface area contributed by atoms with Crippen LogP contribution in [0.2, 0.25) is 0 Å². The zero-order valence-corrected chi connectivity index (χ0v) is 14.4. The molecule has 2 amide bonds. The Morgan fingerprint density at radius 2 is 2.00 bits per heavy atom. The van der Waals surface area contributed by atoms with Crippen molar-refractivity contribution < 1.29 is 9.59 Å². The summed E-state index contributed by atoms with van der Waals surface area (Å²) in [6.07, 6.45) is 4.03. The minimum Gasteiger partial charge on any atom is -0.343 e. The Bertz CT molecular complexity index is 400. The van der Waals surface area contributed by atoms with E-state index >= 15 is 0 Å². The lowest BCUT2D eigenvalue weighted by atomic mass is 9.94. The van der Waals surface area contributed by atoms with Crippen molar-refractivity contribution >= 4 is 23.6 Å². The number of thioether (sulfide) groups is 1. The van der Waals surface area contributed by atoms with Gasteiger partial charge in [-0.15, -0.1) is 0 Å². The van der Waals surface area contributed by atoms with E-state index in [4.69, 9.17) is 0 Å². The van der Waals surface area contributed by atoms with Crippen molar-refractivity contribution in [3.8, 4) is 0 Å². The van der Waals surface area contributed by atoms with Gasteiger partial charge in [-0.3, -0.25) is 9.59 Å². The van der Waals surface area contributed by atoms with Crippen molar-refractivity contribution in [3.05, 3.63) is 0 Å². The van der Waals surface area contributed by atoms with E-state index in [1.165, 1.54) is 0 Å². The van der Waals surface area contributed by atoms with Crippen LogP contribution in [0.1, 0.15) is 53.4 Å². The van der Waals surface area contributed by atoms with Gasteiger partial charge >= 0.3 is 0 Å². The number of hydrogen-bond acceptors (Lipinski definition) is 3. The van der Waals surface area contributed by atoms with Gasteiger partial charge in [0, 0.05) is 11.3 Å². The second kappa shape index (κ2) is 7.03. The van der Waals surface area contributed by atoms with E-state index in [0.717, 1.165) is 25.0 Å². The summed E-state index contributed by atoms with van der Waals surface area (Å²) in [5.74, 6) is 1.38. The van der Waals surface area contributed by atoms with E-state index in [9.17, 15) is 9.59 Å². The molecule has 0 radical (unpaired) electrons. The van der Waals surface area contributed by atoms with Gasteiger partial charge in [-0.05, 0) is 30.9 Å². The van der Waals surface area contributed by atoms with E-state index in [2.05, 4.69) is 12.2 Å². The van der Waals surface area contributed by atoms with Crippen molar-refractivity contribution in [2.24, 2.45) is 5.92 Å². The highest BCUT2D eigenvalue weighted by molar-refractivity contribution is 7.99. The molecule has 0 spiro atoms. The lowest BCUT2D eigenvalue weighted by Gasteiger charge is -2.45. The number of nitrogens with one attached hydrogen (secondary N) is 1. The summed E-state index contributed by atoms with van der Waals surface area (Å²) in [6.45, 7) is 8.20. The molecule has 0 aromatic heterocycles. The van der Waals surface area contributed by atoms with Gasteiger partial charge < -0.3 is 10.2 Å². The fourth-order valence-electron chi connectivity index (χ4n) is 3.67. The summed E-state index contributed by atoms with van der Waals surface area (Å²) < 4.78 is 0. The Morgan fingerprint density at radius 3 is 2.57 bits per heavy atom. The van der Waals surface area contributed by atoms with E-state index < -0.39 is 0 Å². The van der Waals surface area contributed by atoms with Crippen LogP contribution in [0.3, 0.4) is 0 Å². The molecule has 1 aliphatic carbocycles. The molecule has 1 N–H and O–H groups in total. The highest BCUT2D eigenvalue weighted by atomic mass is 32.2. The molecular weight excluding hydrogens is 284 g/mol. The Labute approximate surface area is 132 Å². The highest BCUT2D eigenvalue weighted by Crippen LogP contribution is 2.36. The fraction of sp³-hybridized carbons (Fsp3) is 0.875. The third-order valence-corrected chi connectivity index (χ3v) is 5.94. The van der Waals surface area contributed by atoms with Crippen LogP contribution in [0.4, 0.5) is 0 Å². The monoisotopic (exact) mass is 312 g/mol. The Kier molecular flexibility index (Phi) is 5.58. The molecule has 4 atom stereocenters. The molecule has 2 rings (SSSR count). The molecule has 5 heteroatoms. The van der Waals surface area contributed by atoms with Crippen molar-refractivity contribution in [1.82, 2.24) is 10.2 Å². The summed E-state index contributed by atoms with van der Waals surface area (Å²) in [4.78, 5) is 27.3. The Morgan fingerprint density at radius 1 is 1.29 bits per heavy atom. The van der Waals surface area contributed by atoms with E-state index in [0.29, 0.717) is 11.7 Å². The number of hydrogen-bond donors (Lipinski definition) is 1. The molecule has 4 nitrogen and oxygen atoms in total. The Balaban J connectivity index is 2.29. The van der Waals surface area contributed by atoms with Crippen molar-refractivity contribution in [1.29, 1.82) is 0 Å². The molecule has 1 saturated carbocycles. The molecule has 2 fully saturated rings. The quantitative estimate of drug-likeness (QED) is 0.848. The second-order valence-electron chi connectivity index (χ2n) is 6.40.